The van der Waals surface area contributed by atoms with Gasteiger partial charge in [-0.15, -0.1) is 0 Å². The molecule has 3 nitrogen and oxygen atoms in total. The van der Waals surface area contributed by atoms with Gasteiger partial charge < -0.3 is 9.47 Å². The quantitative estimate of drug-likeness (QED) is 0.286. The number of hydrogen-bond donors (Lipinski definition) is 0. The maximum absolute atomic E-state index is 11.9. The van der Waals surface area contributed by atoms with Crippen molar-refractivity contribution in [1.29, 1.82) is 0 Å². The third kappa shape index (κ3) is 3.60. The molecular weight excluding hydrogens is 288 g/mol. The molecule has 0 N–H and O–H groups in total. The van der Waals surface area contributed by atoms with Crippen molar-refractivity contribution in [3.05, 3.63) is 35.5 Å². The van der Waals surface area contributed by atoms with Crippen LogP contribution in [0.5, 0.6) is 0 Å². The molecule has 0 saturated carbocycles. The molecular formula is C20H28O3. The SMILES string of the molecule is C=C1C(=O)O[C@H]2C/C(C)=C/CC/C(C)=C/CC[C@@]3(C)O[C@H]3C[C@@H]12. The van der Waals surface area contributed by atoms with Crippen molar-refractivity contribution in [1.82, 2.24) is 0 Å². The first-order valence-electron chi connectivity index (χ1n) is 8.78. The largest absolute Gasteiger partial charge is 0.458 e. The summed E-state index contributed by atoms with van der Waals surface area (Å²) in [5.74, 6) is -0.130. The molecule has 0 amide bonds. The molecule has 3 heteroatoms. The second-order valence-corrected chi connectivity index (χ2v) is 7.61. The lowest BCUT2D eigenvalue weighted by molar-refractivity contribution is -0.139. The van der Waals surface area contributed by atoms with Gasteiger partial charge in [-0.05, 0) is 52.9 Å². The van der Waals surface area contributed by atoms with Crippen LogP contribution < -0.4 is 0 Å². The molecule has 1 aliphatic carbocycles. The number of carbonyl (C=O) groups is 1. The Bertz CT molecular complexity index is 571. The minimum absolute atomic E-state index is 0.0394. The van der Waals surface area contributed by atoms with Gasteiger partial charge in [-0.25, -0.2) is 4.79 Å². The topological polar surface area (TPSA) is 38.8 Å². The molecule has 0 unspecified atom stereocenters. The molecule has 0 aromatic heterocycles. The Morgan fingerprint density at radius 3 is 2.74 bits per heavy atom. The van der Waals surface area contributed by atoms with Crippen LogP contribution in [0.15, 0.2) is 35.5 Å². The van der Waals surface area contributed by atoms with Crippen molar-refractivity contribution in [3.8, 4) is 0 Å². The minimum atomic E-state index is -0.225. The van der Waals surface area contributed by atoms with Crippen molar-refractivity contribution in [2.45, 2.75) is 77.1 Å². The van der Waals surface area contributed by atoms with E-state index in [0.717, 1.165) is 38.5 Å². The second kappa shape index (κ2) is 6.27. The van der Waals surface area contributed by atoms with Crippen LogP contribution in [0.1, 0.15) is 59.3 Å². The summed E-state index contributed by atoms with van der Waals surface area (Å²) in [5.41, 5.74) is 3.34. The third-order valence-corrected chi connectivity index (χ3v) is 5.61. The number of fused-ring (bicyclic) bond motifs is 2. The monoisotopic (exact) mass is 316 g/mol. The molecule has 2 heterocycles. The molecule has 0 bridgehead atoms. The summed E-state index contributed by atoms with van der Waals surface area (Å²) < 4.78 is 11.6. The van der Waals surface area contributed by atoms with Gasteiger partial charge in [0.25, 0.3) is 0 Å². The minimum Gasteiger partial charge on any atom is -0.458 e. The number of allylic oxidation sites excluding steroid dienone is 3. The van der Waals surface area contributed by atoms with Crippen LogP contribution in [0.4, 0.5) is 0 Å². The van der Waals surface area contributed by atoms with Crippen molar-refractivity contribution >= 4 is 5.97 Å². The number of ether oxygens (including phenoxy) is 2. The normalized spacial score (nSPS) is 43.2. The Morgan fingerprint density at radius 2 is 1.96 bits per heavy atom. The van der Waals surface area contributed by atoms with Crippen LogP contribution in [-0.4, -0.2) is 23.8 Å². The van der Waals surface area contributed by atoms with E-state index in [-0.39, 0.29) is 29.7 Å². The van der Waals surface area contributed by atoms with E-state index in [2.05, 4.69) is 39.5 Å². The molecule has 126 valence electrons. The van der Waals surface area contributed by atoms with Gasteiger partial charge >= 0.3 is 5.97 Å². The van der Waals surface area contributed by atoms with Gasteiger partial charge in [-0.1, -0.05) is 29.9 Å². The maximum Gasteiger partial charge on any atom is 0.334 e. The maximum atomic E-state index is 11.9. The first-order valence-corrected chi connectivity index (χ1v) is 8.78. The molecule has 0 aromatic rings. The Morgan fingerprint density at radius 1 is 1.22 bits per heavy atom. The molecule has 23 heavy (non-hydrogen) atoms. The Kier molecular flexibility index (Phi) is 4.50. The molecule has 0 radical (unpaired) electrons. The van der Waals surface area contributed by atoms with Gasteiger partial charge in [0.1, 0.15) is 6.10 Å². The van der Waals surface area contributed by atoms with Crippen LogP contribution >= 0.6 is 0 Å². The molecule has 3 aliphatic rings. The summed E-state index contributed by atoms with van der Waals surface area (Å²) in [6.45, 7) is 10.5. The highest BCUT2D eigenvalue weighted by Crippen LogP contribution is 2.47. The lowest BCUT2D eigenvalue weighted by atomic mass is 9.85. The fourth-order valence-electron chi connectivity index (χ4n) is 3.84. The number of esters is 1. The van der Waals surface area contributed by atoms with Crippen molar-refractivity contribution in [3.63, 3.8) is 0 Å². The summed E-state index contributed by atoms with van der Waals surface area (Å²) in [5, 5.41) is 0. The van der Waals surface area contributed by atoms with E-state index in [0.29, 0.717) is 5.57 Å². The van der Waals surface area contributed by atoms with Crippen LogP contribution in [0.3, 0.4) is 0 Å². The highest BCUT2D eigenvalue weighted by Gasteiger charge is 2.54. The summed E-state index contributed by atoms with van der Waals surface area (Å²) in [6, 6.07) is 0. The summed E-state index contributed by atoms with van der Waals surface area (Å²) in [7, 11) is 0. The molecule has 2 fully saturated rings. The van der Waals surface area contributed by atoms with E-state index in [1.165, 1.54) is 11.1 Å². The fourth-order valence-corrected chi connectivity index (χ4v) is 3.84. The molecule has 2 saturated heterocycles. The van der Waals surface area contributed by atoms with Crippen molar-refractivity contribution in [2.75, 3.05) is 0 Å². The average molecular weight is 316 g/mol. The highest BCUT2D eigenvalue weighted by atomic mass is 16.6. The van der Waals surface area contributed by atoms with Crippen LogP contribution in [0, 0.1) is 5.92 Å². The first-order chi connectivity index (χ1) is 10.9. The van der Waals surface area contributed by atoms with Crippen LogP contribution in [0.25, 0.3) is 0 Å². The predicted molar refractivity (Wildman–Crippen MR) is 91.0 cm³/mol. The Labute approximate surface area is 139 Å². The number of epoxide rings is 1. The predicted octanol–water partition coefficient (Wildman–Crippen LogP) is 4.49. The van der Waals surface area contributed by atoms with Gasteiger partial charge in [0.15, 0.2) is 0 Å². The lowest BCUT2D eigenvalue weighted by Crippen LogP contribution is -2.21. The number of hydrogen-bond acceptors (Lipinski definition) is 3. The zero-order valence-electron chi connectivity index (χ0n) is 14.6. The van der Waals surface area contributed by atoms with E-state index >= 15 is 0 Å². The third-order valence-electron chi connectivity index (χ3n) is 5.61. The standard InChI is InChI=1S/C20H28O3/c1-13-7-5-8-14(2)11-17-16(15(3)19(21)22-17)12-18-20(4,23-18)10-6-9-13/h8-9,16-18H,3,5-7,10-12H2,1-2,4H3/b13-9+,14-8+/t16-,17-,18-,20+/m0/s1. The summed E-state index contributed by atoms with van der Waals surface area (Å²) in [4.78, 5) is 11.9. The van der Waals surface area contributed by atoms with E-state index in [1.54, 1.807) is 0 Å². The van der Waals surface area contributed by atoms with Gasteiger partial charge in [-0.2, -0.15) is 0 Å². The molecule has 0 aromatic carbocycles. The van der Waals surface area contributed by atoms with Crippen LogP contribution in [0.2, 0.25) is 0 Å². The van der Waals surface area contributed by atoms with E-state index in [1.807, 2.05) is 0 Å². The first kappa shape index (κ1) is 16.5. The molecule has 4 atom stereocenters. The smallest absolute Gasteiger partial charge is 0.334 e. The van der Waals surface area contributed by atoms with Gasteiger partial charge in [0.05, 0.1) is 11.7 Å². The highest BCUT2D eigenvalue weighted by molar-refractivity contribution is 5.90. The molecule has 2 aliphatic heterocycles. The summed E-state index contributed by atoms with van der Waals surface area (Å²) in [6.07, 6.45) is 10.7. The van der Waals surface area contributed by atoms with Gasteiger partial charge in [-0.3, -0.25) is 0 Å². The molecule has 3 rings (SSSR count). The van der Waals surface area contributed by atoms with E-state index < -0.39 is 0 Å². The van der Waals surface area contributed by atoms with Crippen LogP contribution in [-0.2, 0) is 14.3 Å². The molecule has 0 spiro atoms. The Balaban J connectivity index is 1.78. The van der Waals surface area contributed by atoms with Gasteiger partial charge in [0.2, 0.25) is 0 Å². The number of carbonyl (C=O) groups excluding carboxylic acids is 1. The lowest BCUT2D eigenvalue weighted by Gasteiger charge is -2.18. The zero-order valence-corrected chi connectivity index (χ0v) is 14.6. The fraction of sp³-hybridized carbons (Fsp3) is 0.650. The second-order valence-electron chi connectivity index (χ2n) is 7.61. The zero-order chi connectivity index (χ0) is 16.6. The average Bonchev–Trinajstić information content (AvgIpc) is 3.04. The van der Waals surface area contributed by atoms with Crippen molar-refractivity contribution < 1.29 is 14.3 Å². The Hall–Kier alpha value is -1.35. The van der Waals surface area contributed by atoms with Gasteiger partial charge in [0, 0.05) is 17.9 Å². The summed E-state index contributed by atoms with van der Waals surface area (Å²) >= 11 is 0. The number of rotatable bonds is 0. The van der Waals surface area contributed by atoms with E-state index in [9.17, 15) is 4.79 Å². The van der Waals surface area contributed by atoms with E-state index in [4.69, 9.17) is 9.47 Å². The van der Waals surface area contributed by atoms with Crippen molar-refractivity contribution in [2.24, 2.45) is 5.92 Å².